The minimum Gasteiger partial charge on any atom is -0.494 e. The molecule has 21 heavy (non-hydrogen) atoms. The summed E-state index contributed by atoms with van der Waals surface area (Å²) in [6, 6.07) is 8.68. The van der Waals surface area contributed by atoms with Gasteiger partial charge in [-0.2, -0.15) is 0 Å². The lowest BCUT2D eigenvalue weighted by atomic mass is 9.76. The van der Waals surface area contributed by atoms with Gasteiger partial charge in [-0.1, -0.05) is 38.3 Å². The molecular weight excluding hydrogens is 262 g/mol. The SMILES string of the molecule is CCNC(c1cccc(OCC)c1)C1(OC)CCCCC1. The smallest absolute Gasteiger partial charge is 0.119 e. The Labute approximate surface area is 129 Å². The molecule has 0 radical (unpaired) electrons. The Morgan fingerprint density at radius 1 is 1.19 bits per heavy atom. The van der Waals surface area contributed by atoms with Crippen LogP contribution in [-0.2, 0) is 4.74 Å². The molecule has 0 bridgehead atoms. The van der Waals surface area contributed by atoms with Crippen molar-refractivity contribution < 1.29 is 9.47 Å². The van der Waals surface area contributed by atoms with Crippen LogP contribution in [0.1, 0.15) is 57.6 Å². The van der Waals surface area contributed by atoms with E-state index >= 15 is 0 Å². The number of nitrogens with one attached hydrogen (secondary N) is 1. The van der Waals surface area contributed by atoms with Crippen LogP contribution >= 0.6 is 0 Å². The number of rotatable bonds is 7. The predicted octanol–water partition coefficient (Wildman–Crippen LogP) is 4.09. The van der Waals surface area contributed by atoms with Gasteiger partial charge < -0.3 is 14.8 Å². The van der Waals surface area contributed by atoms with Crippen molar-refractivity contribution >= 4 is 0 Å². The van der Waals surface area contributed by atoms with E-state index in [2.05, 4.69) is 30.4 Å². The molecule has 0 spiro atoms. The number of methoxy groups -OCH3 is 1. The van der Waals surface area contributed by atoms with Crippen LogP contribution in [0, 0.1) is 0 Å². The molecule has 3 heteroatoms. The molecule has 1 N–H and O–H groups in total. The van der Waals surface area contributed by atoms with Gasteiger partial charge in [0.2, 0.25) is 0 Å². The first-order chi connectivity index (χ1) is 10.3. The fourth-order valence-electron chi connectivity index (χ4n) is 3.52. The van der Waals surface area contributed by atoms with Crippen LogP contribution in [0.4, 0.5) is 0 Å². The third kappa shape index (κ3) is 3.78. The molecule has 1 aliphatic carbocycles. The van der Waals surface area contributed by atoms with Gasteiger partial charge in [-0.25, -0.2) is 0 Å². The molecule has 1 aromatic carbocycles. The molecule has 3 nitrogen and oxygen atoms in total. The molecule has 0 aliphatic heterocycles. The summed E-state index contributed by atoms with van der Waals surface area (Å²) in [5.41, 5.74) is 1.19. The molecule has 2 rings (SSSR count). The van der Waals surface area contributed by atoms with Gasteiger partial charge in [0.25, 0.3) is 0 Å². The molecule has 1 aromatic rings. The zero-order chi connectivity index (χ0) is 15.1. The van der Waals surface area contributed by atoms with Crippen molar-refractivity contribution in [1.82, 2.24) is 5.32 Å². The van der Waals surface area contributed by atoms with Gasteiger partial charge in [-0.05, 0) is 44.0 Å². The highest BCUT2D eigenvalue weighted by molar-refractivity contribution is 5.32. The number of hydrogen-bond acceptors (Lipinski definition) is 3. The summed E-state index contributed by atoms with van der Waals surface area (Å²) in [7, 11) is 1.86. The molecular formula is C18H29NO2. The first-order valence-corrected chi connectivity index (χ1v) is 8.27. The lowest BCUT2D eigenvalue weighted by molar-refractivity contribution is -0.0684. The second-order valence-electron chi connectivity index (χ2n) is 5.83. The van der Waals surface area contributed by atoms with Crippen molar-refractivity contribution in [3.05, 3.63) is 29.8 Å². The largest absolute Gasteiger partial charge is 0.494 e. The highest BCUT2D eigenvalue weighted by Gasteiger charge is 2.40. The summed E-state index contributed by atoms with van der Waals surface area (Å²) >= 11 is 0. The molecule has 0 amide bonds. The lowest BCUT2D eigenvalue weighted by Gasteiger charge is -2.43. The average molecular weight is 291 g/mol. The Morgan fingerprint density at radius 2 is 1.95 bits per heavy atom. The predicted molar refractivity (Wildman–Crippen MR) is 86.9 cm³/mol. The first-order valence-electron chi connectivity index (χ1n) is 8.27. The maximum Gasteiger partial charge on any atom is 0.119 e. The molecule has 0 saturated heterocycles. The fourth-order valence-corrected chi connectivity index (χ4v) is 3.52. The quantitative estimate of drug-likeness (QED) is 0.821. The molecule has 0 heterocycles. The lowest BCUT2D eigenvalue weighted by Crippen LogP contribution is -2.47. The van der Waals surface area contributed by atoms with Gasteiger partial charge >= 0.3 is 0 Å². The van der Waals surface area contributed by atoms with E-state index < -0.39 is 0 Å². The average Bonchev–Trinajstić information content (AvgIpc) is 2.54. The van der Waals surface area contributed by atoms with Crippen molar-refractivity contribution in [2.45, 2.75) is 57.6 Å². The van der Waals surface area contributed by atoms with E-state index in [9.17, 15) is 0 Å². The maximum atomic E-state index is 6.04. The van der Waals surface area contributed by atoms with Crippen molar-refractivity contribution in [3.63, 3.8) is 0 Å². The van der Waals surface area contributed by atoms with Crippen LogP contribution in [0.15, 0.2) is 24.3 Å². The zero-order valence-electron chi connectivity index (χ0n) is 13.7. The van der Waals surface area contributed by atoms with Crippen molar-refractivity contribution in [3.8, 4) is 5.75 Å². The van der Waals surface area contributed by atoms with E-state index in [0.717, 1.165) is 25.1 Å². The third-order valence-corrected chi connectivity index (χ3v) is 4.54. The van der Waals surface area contributed by atoms with E-state index in [4.69, 9.17) is 9.47 Å². The van der Waals surface area contributed by atoms with Crippen LogP contribution in [0.3, 0.4) is 0 Å². The second-order valence-corrected chi connectivity index (χ2v) is 5.83. The van der Waals surface area contributed by atoms with Crippen LogP contribution in [-0.4, -0.2) is 25.9 Å². The van der Waals surface area contributed by atoms with Crippen LogP contribution in [0.5, 0.6) is 5.75 Å². The molecule has 1 aliphatic rings. The summed E-state index contributed by atoms with van der Waals surface area (Å²) in [6.07, 6.45) is 6.07. The normalized spacial score (nSPS) is 19.2. The van der Waals surface area contributed by atoms with Gasteiger partial charge in [0.15, 0.2) is 0 Å². The summed E-state index contributed by atoms with van der Waals surface area (Å²) in [5, 5.41) is 3.65. The molecule has 1 atom stereocenters. The van der Waals surface area contributed by atoms with Crippen LogP contribution in [0.2, 0.25) is 0 Å². The van der Waals surface area contributed by atoms with Gasteiger partial charge in [0, 0.05) is 7.11 Å². The van der Waals surface area contributed by atoms with Gasteiger partial charge in [0.05, 0.1) is 18.2 Å². The Kier molecular flexibility index (Phi) is 6.07. The first kappa shape index (κ1) is 16.3. The van der Waals surface area contributed by atoms with Crippen molar-refractivity contribution in [2.75, 3.05) is 20.3 Å². The minimum absolute atomic E-state index is 0.0842. The number of ether oxygens (including phenoxy) is 2. The highest BCUT2D eigenvalue weighted by Crippen LogP contribution is 2.41. The number of benzene rings is 1. The Bertz CT molecular complexity index is 427. The highest BCUT2D eigenvalue weighted by atomic mass is 16.5. The standard InChI is InChI=1S/C18H29NO2/c1-4-19-17(18(20-3)12-7-6-8-13-18)15-10-9-11-16(14-15)21-5-2/h9-11,14,17,19H,4-8,12-13H2,1-3H3. The Morgan fingerprint density at radius 3 is 2.57 bits per heavy atom. The van der Waals surface area contributed by atoms with E-state index in [-0.39, 0.29) is 11.6 Å². The number of hydrogen-bond donors (Lipinski definition) is 1. The monoisotopic (exact) mass is 291 g/mol. The van der Waals surface area contributed by atoms with Gasteiger partial charge in [-0.3, -0.25) is 0 Å². The zero-order valence-corrected chi connectivity index (χ0v) is 13.7. The topological polar surface area (TPSA) is 30.5 Å². The molecule has 118 valence electrons. The molecule has 1 fully saturated rings. The van der Waals surface area contributed by atoms with E-state index in [1.165, 1.54) is 24.8 Å². The third-order valence-electron chi connectivity index (χ3n) is 4.54. The molecule has 1 unspecified atom stereocenters. The van der Waals surface area contributed by atoms with Gasteiger partial charge in [0.1, 0.15) is 5.75 Å². The van der Waals surface area contributed by atoms with Crippen molar-refractivity contribution in [1.29, 1.82) is 0 Å². The van der Waals surface area contributed by atoms with Crippen LogP contribution < -0.4 is 10.1 Å². The van der Waals surface area contributed by atoms with E-state index in [1.807, 2.05) is 20.1 Å². The molecule has 1 saturated carbocycles. The van der Waals surface area contributed by atoms with E-state index in [1.54, 1.807) is 0 Å². The van der Waals surface area contributed by atoms with Crippen LogP contribution in [0.25, 0.3) is 0 Å². The van der Waals surface area contributed by atoms with Gasteiger partial charge in [-0.15, -0.1) is 0 Å². The summed E-state index contributed by atoms with van der Waals surface area (Å²) < 4.78 is 11.7. The minimum atomic E-state index is -0.0842. The second kappa shape index (κ2) is 7.81. The summed E-state index contributed by atoms with van der Waals surface area (Å²) in [4.78, 5) is 0. The summed E-state index contributed by atoms with van der Waals surface area (Å²) in [5.74, 6) is 0.944. The Hall–Kier alpha value is -1.06. The summed E-state index contributed by atoms with van der Waals surface area (Å²) in [6.45, 7) is 5.82. The Balaban J connectivity index is 2.30. The molecule has 0 aromatic heterocycles. The number of likely N-dealkylation sites (N-methyl/N-ethyl adjacent to an activating group) is 1. The maximum absolute atomic E-state index is 6.04. The van der Waals surface area contributed by atoms with E-state index in [0.29, 0.717) is 6.61 Å². The fraction of sp³-hybridized carbons (Fsp3) is 0.667. The van der Waals surface area contributed by atoms with Crippen molar-refractivity contribution in [2.24, 2.45) is 0 Å².